The van der Waals surface area contributed by atoms with Crippen LogP contribution < -0.4 is 10.2 Å². The zero-order chi connectivity index (χ0) is 24.0. The summed E-state index contributed by atoms with van der Waals surface area (Å²) in [5, 5.41) is 22.4. The van der Waals surface area contributed by atoms with Crippen molar-refractivity contribution in [3.05, 3.63) is 57.2 Å². The summed E-state index contributed by atoms with van der Waals surface area (Å²) in [6.45, 7) is 6.78. The van der Waals surface area contributed by atoms with Crippen molar-refractivity contribution in [1.29, 1.82) is 0 Å². The second kappa shape index (κ2) is 10.9. The highest BCUT2D eigenvalue weighted by atomic mass is 32.1. The molecule has 7 nitrogen and oxygen atoms in total. The number of rotatable bonds is 11. The third kappa shape index (κ3) is 6.15. The number of aromatic amines is 1. The first-order valence-electron chi connectivity index (χ1n) is 11.2. The van der Waals surface area contributed by atoms with Gasteiger partial charge in [-0.15, -0.1) is 0 Å². The number of ether oxygens (including phenoxy) is 1. The summed E-state index contributed by atoms with van der Waals surface area (Å²) in [7, 11) is 0. The number of amides is 1. The van der Waals surface area contributed by atoms with E-state index < -0.39 is 5.41 Å². The van der Waals surface area contributed by atoms with E-state index >= 15 is 0 Å². The zero-order valence-electron chi connectivity index (χ0n) is 19.3. The summed E-state index contributed by atoms with van der Waals surface area (Å²) < 4.78 is 6.87. The molecule has 0 aliphatic rings. The number of aromatic nitrogens is 1. The van der Waals surface area contributed by atoms with Gasteiger partial charge >= 0.3 is 4.87 Å². The first-order chi connectivity index (χ1) is 15.7. The Hall–Kier alpha value is -2.84. The Morgan fingerprint density at radius 3 is 2.58 bits per heavy atom. The van der Waals surface area contributed by atoms with Crippen molar-refractivity contribution in [2.24, 2.45) is 5.41 Å². The number of H-pyrrole nitrogens is 1. The highest BCUT2D eigenvalue weighted by Crippen LogP contribution is 2.29. The van der Waals surface area contributed by atoms with Crippen LogP contribution in [-0.2, 0) is 22.4 Å². The number of thiazole rings is 1. The standard InChI is InChI=1S/C25H32N2O5S/c1-4-5-20(32-15-13-16-6-9-18(28)10-7-16)25(2,3)23(30)26-14-12-17-8-11-19(29)21-22(17)33-24(31)27-21/h6-11,20,28-29H,4-5,12-15H2,1-3H3,(H,26,30)(H,27,31). The second-order valence-corrected chi connectivity index (χ2v) is 9.74. The molecule has 0 saturated heterocycles. The summed E-state index contributed by atoms with van der Waals surface area (Å²) in [6, 6.07) is 10.4. The van der Waals surface area contributed by atoms with Gasteiger partial charge in [-0.05, 0) is 62.4 Å². The summed E-state index contributed by atoms with van der Waals surface area (Å²) in [5.74, 6) is 0.201. The average molecular weight is 473 g/mol. The van der Waals surface area contributed by atoms with Gasteiger partial charge in [-0.2, -0.15) is 0 Å². The molecule has 0 aliphatic heterocycles. The maximum absolute atomic E-state index is 13.1. The van der Waals surface area contributed by atoms with E-state index in [4.69, 9.17) is 4.74 Å². The smallest absolute Gasteiger partial charge is 0.305 e. The molecule has 1 amide bonds. The third-order valence-electron chi connectivity index (χ3n) is 5.91. The molecule has 4 N–H and O–H groups in total. The van der Waals surface area contributed by atoms with Crippen molar-refractivity contribution in [3.63, 3.8) is 0 Å². The summed E-state index contributed by atoms with van der Waals surface area (Å²) >= 11 is 1.06. The number of phenols is 2. The quantitative estimate of drug-likeness (QED) is 0.336. The maximum Gasteiger partial charge on any atom is 0.305 e. The van der Waals surface area contributed by atoms with E-state index in [1.807, 2.05) is 26.0 Å². The molecule has 1 heterocycles. The van der Waals surface area contributed by atoms with Gasteiger partial charge in [0.25, 0.3) is 0 Å². The van der Waals surface area contributed by atoms with Crippen LogP contribution in [0.3, 0.4) is 0 Å². The number of nitrogens with one attached hydrogen (secondary N) is 2. The fourth-order valence-electron chi connectivity index (χ4n) is 3.85. The van der Waals surface area contributed by atoms with Crippen molar-refractivity contribution in [3.8, 4) is 11.5 Å². The number of carbonyl (C=O) groups excluding carboxylic acids is 1. The lowest BCUT2D eigenvalue weighted by molar-refractivity contribution is -0.139. The molecule has 0 spiro atoms. The highest BCUT2D eigenvalue weighted by Gasteiger charge is 2.36. The van der Waals surface area contributed by atoms with Crippen LogP contribution in [0.25, 0.3) is 10.2 Å². The Morgan fingerprint density at radius 2 is 1.88 bits per heavy atom. The number of aromatic hydroxyl groups is 2. The second-order valence-electron chi connectivity index (χ2n) is 8.75. The Kier molecular flexibility index (Phi) is 8.15. The van der Waals surface area contributed by atoms with Gasteiger partial charge in [0.15, 0.2) is 0 Å². The van der Waals surface area contributed by atoms with Gasteiger partial charge in [0.05, 0.1) is 22.8 Å². The van der Waals surface area contributed by atoms with Crippen molar-refractivity contribution < 1.29 is 19.7 Å². The molecule has 178 valence electrons. The van der Waals surface area contributed by atoms with Crippen molar-refractivity contribution >= 4 is 27.5 Å². The minimum Gasteiger partial charge on any atom is -0.508 e. The lowest BCUT2D eigenvalue weighted by Gasteiger charge is -2.33. The van der Waals surface area contributed by atoms with Gasteiger partial charge in [-0.25, -0.2) is 0 Å². The third-order valence-corrected chi connectivity index (χ3v) is 6.86. The molecule has 8 heteroatoms. The fourth-order valence-corrected chi connectivity index (χ4v) is 4.75. The van der Waals surface area contributed by atoms with Crippen LogP contribution in [0.4, 0.5) is 0 Å². The topological polar surface area (TPSA) is 112 Å². The van der Waals surface area contributed by atoms with E-state index in [2.05, 4.69) is 17.2 Å². The Balaban J connectivity index is 1.57. The number of carbonyl (C=O) groups is 1. The zero-order valence-corrected chi connectivity index (χ0v) is 20.1. The molecule has 3 aromatic rings. The molecule has 3 rings (SSSR count). The van der Waals surface area contributed by atoms with Crippen LogP contribution in [-0.4, -0.2) is 40.4 Å². The molecular formula is C25H32N2O5S. The van der Waals surface area contributed by atoms with Crippen molar-refractivity contribution in [2.45, 2.75) is 52.6 Å². The number of phenolic OH excluding ortho intramolecular Hbond substituents is 2. The van der Waals surface area contributed by atoms with Crippen LogP contribution >= 0.6 is 11.3 Å². The van der Waals surface area contributed by atoms with Gasteiger partial charge in [-0.3, -0.25) is 9.59 Å². The molecule has 0 bridgehead atoms. The lowest BCUT2D eigenvalue weighted by atomic mass is 9.83. The van der Waals surface area contributed by atoms with Gasteiger partial charge in [0.2, 0.25) is 5.91 Å². The molecule has 1 unspecified atom stereocenters. The monoisotopic (exact) mass is 472 g/mol. The normalized spacial score (nSPS) is 12.7. The molecule has 33 heavy (non-hydrogen) atoms. The summed E-state index contributed by atoms with van der Waals surface area (Å²) in [4.78, 5) is 27.2. The number of benzene rings is 2. The molecule has 0 radical (unpaired) electrons. The van der Waals surface area contributed by atoms with Crippen LogP contribution in [0.2, 0.25) is 0 Å². The molecule has 2 aromatic carbocycles. The average Bonchev–Trinajstić information content (AvgIpc) is 3.18. The number of fused-ring (bicyclic) bond motifs is 1. The minimum absolute atomic E-state index is 0.0455. The molecule has 1 aromatic heterocycles. The molecule has 0 fully saturated rings. The van der Waals surface area contributed by atoms with E-state index in [0.717, 1.165) is 40.0 Å². The van der Waals surface area contributed by atoms with E-state index in [1.165, 1.54) is 0 Å². The predicted octanol–water partition coefficient (Wildman–Crippen LogP) is 4.11. The Bertz CT molecular complexity index is 1130. The molecular weight excluding hydrogens is 440 g/mol. The van der Waals surface area contributed by atoms with Gasteiger partial charge in [-0.1, -0.05) is 42.9 Å². The van der Waals surface area contributed by atoms with Crippen LogP contribution in [0.1, 0.15) is 44.7 Å². The fraction of sp³-hybridized carbons (Fsp3) is 0.440. The lowest BCUT2D eigenvalue weighted by Crippen LogP contribution is -2.46. The Morgan fingerprint density at radius 1 is 1.15 bits per heavy atom. The first kappa shape index (κ1) is 24.8. The number of hydrogen-bond acceptors (Lipinski definition) is 6. The number of hydrogen-bond donors (Lipinski definition) is 4. The minimum atomic E-state index is -0.714. The maximum atomic E-state index is 13.1. The largest absolute Gasteiger partial charge is 0.508 e. The Labute approximate surface area is 197 Å². The van der Waals surface area contributed by atoms with Crippen LogP contribution in [0.15, 0.2) is 41.2 Å². The van der Waals surface area contributed by atoms with Gasteiger partial charge < -0.3 is 25.3 Å². The molecule has 0 aliphatic carbocycles. The summed E-state index contributed by atoms with van der Waals surface area (Å²) in [5.41, 5.74) is 1.70. The van der Waals surface area contributed by atoms with Gasteiger partial charge in [0, 0.05) is 6.54 Å². The van der Waals surface area contributed by atoms with E-state index in [9.17, 15) is 19.8 Å². The van der Waals surface area contributed by atoms with Crippen LogP contribution in [0.5, 0.6) is 11.5 Å². The van der Waals surface area contributed by atoms with Crippen molar-refractivity contribution in [2.75, 3.05) is 13.2 Å². The summed E-state index contributed by atoms with van der Waals surface area (Å²) in [6.07, 6.45) is 2.70. The van der Waals surface area contributed by atoms with Crippen molar-refractivity contribution in [1.82, 2.24) is 10.3 Å². The molecule has 1 atom stereocenters. The van der Waals surface area contributed by atoms with E-state index in [1.54, 1.807) is 24.3 Å². The molecule has 0 saturated carbocycles. The predicted molar refractivity (Wildman–Crippen MR) is 131 cm³/mol. The van der Waals surface area contributed by atoms with Gasteiger partial charge in [0.1, 0.15) is 17.0 Å². The first-order valence-corrected chi connectivity index (χ1v) is 12.1. The highest BCUT2D eigenvalue weighted by molar-refractivity contribution is 7.16. The van der Waals surface area contributed by atoms with E-state index in [0.29, 0.717) is 31.5 Å². The van der Waals surface area contributed by atoms with Crippen LogP contribution in [0, 0.1) is 5.41 Å². The SMILES string of the molecule is CCCC(OCCc1ccc(O)cc1)C(C)(C)C(=O)NCCc1ccc(O)c2[nH]c(=O)sc12. The van der Waals surface area contributed by atoms with E-state index in [-0.39, 0.29) is 28.4 Å².